The first-order valence-electron chi connectivity index (χ1n) is 4.24. The van der Waals surface area contributed by atoms with Crippen LogP contribution < -0.4 is 5.32 Å². The first-order valence-corrected chi connectivity index (χ1v) is 4.24. The lowest BCUT2D eigenvalue weighted by atomic mass is 10.2. The Kier molecular flexibility index (Phi) is 1.99. The summed E-state index contributed by atoms with van der Waals surface area (Å²) in [5.41, 5.74) is 0. The van der Waals surface area contributed by atoms with E-state index in [1.165, 1.54) is 0 Å². The molecule has 1 aromatic heterocycles. The molecule has 0 saturated carbocycles. The van der Waals surface area contributed by atoms with Gasteiger partial charge >= 0.3 is 6.18 Å². The minimum atomic E-state index is -4.41. The first kappa shape index (κ1) is 9.45. The molecule has 1 aromatic rings. The molecular weight excluding hydrogens is 197 g/mol. The molecule has 0 amide bonds. The number of alkyl halides is 3. The summed E-state index contributed by atoms with van der Waals surface area (Å²) in [6, 6.07) is -0.174. The SMILES string of the molecule is C[C@@H]1NCCn2c1nnc2C(F)(F)F. The predicted octanol–water partition coefficient (Wildman–Crippen LogP) is 0.961. The second-order valence-corrected chi connectivity index (χ2v) is 3.21. The van der Waals surface area contributed by atoms with Crippen molar-refractivity contribution in [3.8, 4) is 0 Å². The Morgan fingerprint density at radius 2 is 2.14 bits per heavy atom. The number of nitrogens with one attached hydrogen (secondary N) is 1. The molecule has 7 heteroatoms. The molecule has 0 bridgehead atoms. The van der Waals surface area contributed by atoms with E-state index in [9.17, 15) is 13.2 Å². The van der Waals surface area contributed by atoms with Gasteiger partial charge in [-0.15, -0.1) is 10.2 Å². The Balaban J connectivity index is 2.46. The molecule has 1 aliphatic heterocycles. The van der Waals surface area contributed by atoms with Crippen molar-refractivity contribution < 1.29 is 13.2 Å². The van der Waals surface area contributed by atoms with Crippen LogP contribution in [0.25, 0.3) is 0 Å². The van der Waals surface area contributed by atoms with Crippen LogP contribution in [-0.2, 0) is 12.7 Å². The van der Waals surface area contributed by atoms with Gasteiger partial charge < -0.3 is 9.88 Å². The average molecular weight is 206 g/mol. The van der Waals surface area contributed by atoms with Gasteiger partial charge in [0.2, 0.25) is 5.82 Å². The van der Waals surface area contributed by atoms with Gasteiger partial charge in [-0.3, -0.25) is 0 Å². The van der Waals surface area contributed by atoms with Crippen molar-refractivity contribution in [3.05, 3.63) is 11.6 Å². The van der Waals surface area contributed by atoms with E-state index in [4.69, 9.17) is 0 Å². The first-order chi connectivity index (χ1) is 6.50. The van der Waals surface area contributed by atoms with Crippen molar-refractivity contribution in [2.75, 3.05) is 6.54 Å². The summed E-state index contributed by atoms with van der Waals surface area (Å²) in [6.07, 6.45) is -4.41. The number of aromatic nitrogens is 3. The van der Waals surface area contributed by atoms with Crippen molar-refractivity contribution in [1.29, 1.82) is 0 Å². The van der Waals surface area contributed by atoms with E-state index < -0.39 is 12.0 Å². The van der Waals surface area contributed by atoms with Crippen LogP contribution in [0.2, 0.25) is 0 Å². The fraction of sp³-hybridized carbons (Fsp3) is 0.714. The van der Waals surface area contributed by atoms with Crippen LogP contribution in [0.4, 0.5) is 13.2 Å². The summed E-state index contributed by atoms with van der Waals surface area (Å²) in [5.74, 6) is -0.551. The van der Waals surface area contributed by atoms with Gasteiger partial charge in [-0.2, -0.15) is 13.2 Å². The lowest BCUT2D eigenvalue weighted by Crippen LogP contribution is -2.33. The molecule has 4 nitrogen and oxygen atoms in total. The van der Waals surface area contributed by atoms with Crippen molar-refractivity contribution in [2.45, 2.75) is 25.7 Å². The summed E-state index contributed by atoms with van der Waals surface area (Å²) in [7, 11) is 0. The number of fused-ring (bicyclic) bond motifs is 1. The third-order valence-corrected chi connectivity index (χ3v) is 2.21. The quantitative estimate of drug-likeness (QED) is 0.687. The summed E-state index contributed by atoms with van der Waals surface area (Å²) >= 11 is 0. The molecule has 78 valence electrons. The van der Waals surface area contributed by atoms with Gasteiger partial charge in [-0.05, 0) is 6.92 Å². The average Bonchev–Trinajstić information content (AvgIpc) is 2.47. The summed E-state index contributed by atoms with van der Waals surface area (Å²) in [4.78, 5) is 0. The van der Waals surface area contributed by atoms with E-state index >= 15 is 0 Å². The van der Waals surface area contributed by atoms with Crippen LogP contribution in [0.3, 0.4) is 0 Å². The number of nitrogens with zero attached hydrogens (tertiary/aromatic N) is 3. The fourth-order valence-corrected chi connectivity index (χ4v) is 1.55. The zero-order valence-corrected chi connectivity index (χ0v) is 7.47. The van der Waals surface area contributed by atoms with Crippen LogP contribution in [-0.4, -0.2) is 21.3 Å². The highest BCUT2D eigenvalue weighted by molar-refractivity contribution is 5.05. The molecule has 0 unspecified atom stereocenters. The van der Waals surface area contributed by atoms with Gasteiger partial charge in [0, 0.05) is 13.1 Å². The molecule has 0 fully saturated rings. The number of rotatable bonds is 0. The Bertz CT molecular complexity index is 343. The van der Waals surface area contributed by atoms with Gasteiger partial charge in [0.15, 0.2) is 0 Å². The van der Waals surface area contributed by atoms with E-state index in [1.807, 2.05) is 0 Å². The predicted molar refractivity (Wildman–Crippen MR) is 41.4 cm³/mol. The van der Waals surface area contributed by atoms with Crippen LogP contribution in [0.5, 0.6) is 0 Å². The normalized spacial score (nSPS) is 22.1. The van der Waals surface area contributed by atoms with E-state index in [0.29, 0.717) is 12.4 Å². The molecular formula is C7H9F3N4. The Morgan fingerprint density at radius 1 is 1.43 bits per heavy atom. The lowest BCUT2D eigenvalue weighted by Gasteiger charge is -2.22. The molecule has 0 spiro atoms. The standard InChI is InChI=1S/C7H9F3N4/c1-4-5-12-13-6(7(8,9)10)14(5)3-2-11-4/h4,11H,2-3H2,1H3/t4-/m0/s1. The topological polar surface area (TPSA) is 42.7 Å². The molecule has 1 atom stereocenters. The summed E-state index contributed by atoms with van der Waals surface area (Å²) in [6.45, 7) is 2.54. The van der Waals surface area contributed by atoms with Crippen LogP contribution >= 0.6 is 0 Å². The third kappa shape index (κ3) is 1.37. The van der Waals surface area contributed by atoms with Gasteiger partial charge in [0.1, 0.15) is 5.82 Å². The van der Waals surface area contributed by atoms with Crippen LogP contribution in [0.1, 0.15) is 24.6 Å². The van der Waals surface area contributed by atoms with E-state index in [0.717, 1.165) is 4.57 Å². The van der Waals surface area contributed by atoms with Crippen molar-refractivity contribution >= 4 is 0 Å². The summed E-state index contributed by atoms with van der Waals surface area (Å²) in [5, 5.41) is 9.71. The number of hydrogen-bond donors (Lipinski definition) is 1. The smallest absolute Gasteiger partial charge is 0.306 e. The molecule has 2 heterocycles. The van der Waals surface area contributed by atoms with Crippen LogP contribution in [0, 0.1) is 0 Å². The molecule has 0 aliphatic carbocycles. The largest absolute Gasteiger partial charge is 0.451 e. The maximum atomic E-state index is 12.4. The zero-order chi connectivity index (χ0) is 10.3. The Labute approximate surface area is 78.1 Å². The van der Waals surface area contributed by atoms with E-state index in [-0.39, 0.29) is 12.6 Å². The second kappa shape index (κ2) is 2.94. The minimum absolute atomic E-state index is 0.174. The van der Waals surface area contributed by atoms with Crippen molar-refractivity contribution in [1.82, 2.24) is 20.1 Å². The summed E-state index contributed by atoms with van der Waals surface area (Å²) < 4.78 is 38.3. The molecule has 0 aromatic carbocycles. The number of hydrogen-bond acceptors (Lipinski definition) is 3. The molecule has 0 radical (unpaired) electrons. The van der Waals surface area contributed by atoms with E-state index in [1.54, 1.807) is 6.92 Å². The minimum Gasteiger partial charge on any atom is -0.306 e. The third-order valence-electron chi connectivity index (χ3n) is 2.21. The maximum absolute atomic E-state index is 12.4. The van der Waals surface area contributed by atoms with Gasteiger partial charge in [0.25, 0.3) is 0 Å². The van der Waals surface area contributed by atoms with Crippen LogP contribution in [0.15, 0.2) is 0 Å². The van der Waals surface area contributed by atoms with Gasteiger partial charge in [-0.1, -0.05) is 0 Å². The second-order valence-electron chi connectivity index (χ2n) is 3.21. The van der Waals surface area contributed by atoms with E-state index in [2.05, 4.69) is 15.5 Å². The molecule has 2 rings (SSSR count). The molecule has 0 saturated heterocycles. The molecule has 1 aliphatic rings. The zero-order valence-electron chi connectivity index (χ0n) is 7.47. The lowest BCUT2D eigenvalue weighted by molar-refractivity contribution is -0.147. The van der Waals surface area contributed by atoms with Crippen molar-refractivity contribution in [3.63, 3.8) is 0 Å². The highest BCUT2D eigenvalue weighted by atomic mass is 19.4. The molecule has 14 heavy (non-hydrogen) atoms. The maximum Gasteiger partial charge on any atom is 0.451 e. The molecule has 1 N–H and O–H groups in total. The number of halogens is 3. The highest BCUT2D eigenvalue weighted by Crippen LogP contribution is 2.30. The van der Waals surface area contributed by atoms with Gasteiger partial charge in [0.05, 0.1) is 6.04 Å². The fourth-order valence-electron chi connectivity index (χ4n) is 1.55. The Morgan fingerprint density at radius 3 is 2.79 bits per heavy atom. The van der Waals surface area contributed by atoms with Gasteiger partial charge in [-0.25, -0.2) is 0 Å². The Hall–Kier alpha value is -1.11. The highest BCUT2D eigenvalue weighted by Gasteiger charge is 2.39. The monoisotopic (exact) mass is 206 g/mol. The van der Waals surface area contributed by atoms with Crippen molar-refractivity contribution in [2.24, 2.45) is 0 Å².